The van der Waals surface area contributed by atoms with Crippen LogP contribution in [0.5, 0.6) is 5.75 Å². The standard InChI is InChI=1S/C15H22F2N2O2/c1-4-12(19-14(20)10(2)9-18-3)11-7-5-6-8-13(11)21-15(16)17/h5-8,10,12,15,18H,4,9H2,1-3H3,(H,19,20). The van der Waals surface area contributed by atoms with Gasteiger partial charge in [-0.05, 0) is 19.5 Å². The minimum absolute atomic E-state index is 0.0981. The zero-order valence-corrected chi connectivity index (χ0v) is 12.5. The van der Waals surface area contributed by atoms with Crippen molar-refractivity contribution >= 4 is 5.91 Å². The Hall–Kier alpha value is -1.69. The van der Waals surface area contributed by atoms with Crippen LogP contribution < -0.4 is 15.4 Å². The number of alkyl halides is 2. The lowest BCUT2D eigenvalue weighted by molar-refractivity contribution is -0.125. The Balaban J connectivity index is 2.87. The number of benzene rings is 1. The average molecular weight is 300 g/mol. The van der Waals surface area contributed by atoms with E-state index in [0.717, 1.165) is 0 Å². The van der Waals surface area contributed by atoms with Crippen molar-refractivity contribution in [1.82, 2.24) is 10.6 Å². The van der Waals surface area contributed by atoms with E-state index in [1.165, 1.54) is 6.07 Å². The highest BCUT2D eigenvalue weighted by atomic mass is 19.3. The molecule has 0 spiro atoms. The number of nitrogens with one attached hydrogen (secondary N) is 2. The van der Waals surface area contributed by atoms with Crippen LogP contribution in [0.2, 0.25) is 0 Å². The highest BCUT2D eigenvalue weighted by Crippen LogP contribution is 2.28. The van der Waals surface area contributed by atoms with Crippen LogP contribution in [0.25, 0.3) is 0 Å². The predicted octanol–water partition coefficient (Wildman–Crippen LogP) is 2.71. The number of ether oxygens (including phenoxy) is 1. The third-order valence-electron chi connectivity index (χ3n) is 3.19. The van der Waals surface area contributed by atoms with Crippen molar-refractivity contribution in [3.05, 3.63) is 29.8 Å². The van der Waals surface area contributed by atoms with Crippen LogP contribution in [0.3, 0.4) is 0 Å². The van der Waals surface area contributed by atoms with E-state index in [2.05, 4.69) is 15.4 Å². The first-order valence-corrected chi connectivity index (χ1v) is 6.98. The molecule has 1 aromatic carbocycles. The maximum Gasteiger partial charge on any atom is 0.387 e. The molecule has 0 saturated heterocycles. The summed E-state index contributed by atoms with van der Waals surface area (Å²) in [5.41, 5.74) is 0.560. The number of amides is 1. The lowest BCUT2D eigenvalue weighted by atomic mass is 10.0. The predicted molar refractivity (Wildman–Crippen MR) is 77.3 cm³/mol. The van der Waals surface area contributed by atoms with E-state index >= 15 is 0 Å². The lowest BCUT2D eigenvalue weighted by Crippen LogP contribution is -2.36. The fourth-order valence-electron chi connectivity index (χ4n) is 2.08. The molecule has 1 aromatic rings. The first-order valence-electron chi connectivity index (χ1n) is 6.98. The van der Waals surface area contributed by atoms with Crippen LogP contribution in [0.4, 0.5) is 8.78 Å². The summed E-state index contributed by atoms with van der Waals surface area (Å²) in [4.78, 5) is 12.1. The average Bonchev–Trinajstić information content (AvgIpc) is 2.45. The molecule has 2 unspecified atom stereocenters. The highest BCUT2D eigenvalue weighted by molar-refractivity contribution is 5.79. The number of hydrogen-bond donors (Lipinski definition) is 2. The van der Waals surface area contributed by atoms with Gasteiger partial charge in [0.25, 0.3) is 0 Å². The molecule has 0 aliphatic carbocycles. The van der Waals surface area contributed by atoms with Crippen molar-refractivity contribution in [1.29, 1.82) is 0 Å². The summed E-state index contributed by atoms with van der Waals surface area (Å²) in [6.07, 6.45) is 0.585. The largest absolute Gasteiger partial charge is 0.434 e. The lowest BCUT2D eigenvalue weighted by Gasteiger charge is -2.22. The van der Waals surface area contributed by atoms with Crippen LogP contribution in [0, 0.1) is 5.92 Å². The molecule has 0 aromatic heterocycles. The molecule has 21 heavy (non-hydrogen) atoms. The minimum Gasteiger partial charge on any atom is -0.434 e. The van der Waals surface area contributed by atoms with Gasteiger partial charge in [-0.15, -0.1) is 0 Å². The van der Waals surface area contributed by atoms with Gasteiger partial charge in [0.05, 0.1) is 6.04 Å². The summed E-state index contributed by atoms with van der Waals surface area (Å²) in [7, 11) is 1.77. The second kappa shape index (κ2) is 8.56. The number of halogens is 2. The third kappa shape index (κ3) is 5.30. The van der Waals surface area contributed by atoms with Crippen molar-refractivity contribution in [2.24, 2.45) is 5.92 Å². The number of carbonyl (C=O) groups excluding carboxylic acids is 1. The number of rotatable bonds is 8. The van der Waals surface area contributed by atoms with Crippen molar-refractivity contribution in [2.75, 3.05) is 13.6 Å². The van der Waals surface area contributed by atoms with E-state index < -0.39 is 6.61 Å². The normalized spacial score (nSPS) is 13.8. The van der Waals surface area contributed by atoms with E-state index in [-0.39, 0.29) is 23.6 Å². The smallest absolute Gasteiger partial charge is 0.387 e. The Morgan fingerprint density at radius 2 is 2.00 bits per heavy atom. The van der Waals surface area contributed by atoms with E-state index in [4.69, 9.17) is 0 Å². The molecule has 2 N–H and O–H groups in total. The van der Waals surface area contributed by atoms with E-state index in [0.29, 0.717) is 18.5 Å². The summed E-state index contributed by atoms with van der Waals surface area (Å²) in [6.45, 7) is 1.35. The second-order valence-corrected chi connectivity index (χ2v) is 4.84. The Morgan fingerprint density at radius 3 is 2.57 bits per heavy atom. The summed E-state index contributed by atoms with van der Waals surface area (Å²) < 4.78 is 29.4. The maximum atomic E-state index is 12.4. The van der Waals surface area contributed by atoms with Gasteiger partial charge in [0.2, 0.25) is 5.91 Å². The third-order valence-corrected chi connectivity index (χ3v) is 3.19. The minimum atomic E-state index is -2.89. The summed E-state index contributed by atoms with van der Waals surface area (Å²) in [5.74, 6) is -0.226. The quantitative estimate of drug-likeness (QED) is 0.776. The van der Waals surface area contributed by atoms with Gasteiger partial charge in [0.1, 0.15) is 5.75 Å². The SMILES string of the molecule is CCC(NC(=O)C(C)CNC)c1ccccc1OC(F)F. The highest BCUT2D eigenvalue weighted by Gasteiger charge is 2.21. The molecule has 0 aliphatic rings. The molecule has 0 radical (unpaired) electrons. The molecule has 118 valence electrons. The Labute approximate surface area is 123 Å². The van der Waals surface area contributed by atoms with Gasteiger partial charge in [-0.1, -0.05) is 32.0 Å². The van der Waals surface area contributed by atoms with Crippen molar-refractivity contribution in [3.63, 3.8) is 0 Å². The first kappa shape index (κ1) is 17.4. The summed E-state index contributed by atoms with van der Waals surface area (Å²) in [5, 5.41) is 5.81. The zero-order chi connectivity index (χ0) is 15.8. The van der Waals surface area contributed by atoms with E-state index in [1.807, 2.05) is 6.92 Å². The van der Waals surface area contributed by atoms with Gasteiger partial charge in [-0.3, -0.25) is 4.79 Å². The first-order chi connectivity index (χ1) is 9.99. The molecule has 0 saturated carbocycles. The Kier molecular flexibility index (Phi) is 7.08. The second-order valence-electron chi connectivity index (χ2n) is 4.84. The zero-order valence-electron chi connectivity index (χ0n) is 12.5. The van der Waals surface area contributed by atoms with E-state index in [1.54, 1.807) is 32.2 Å². The monoisotopic (exact) mass is 300 g/mol. The molecule has 4 nitrogen and oxygen atoms in total. The molecule has 1 amide bonds. The topological polar surface area (TPSA) is 50.4 Å². The molecular weight excluding hydrogens is 278 g/mol. The fourth-order valence-corrected chi connectivity index (χ4v) is 2.08. The van der Waals surface area contributed by atoms with Crippen LogP contribution in [0.1, 0.15) is 31.9 Å². The molecule has 1 rings (SSSR count). The summed E-state index contributed by atoms with van der Waals surface area (Å²) in [6, 6.07) is 6.17. The van der Waals surface area contributed by atoms with Gasteiger partial charge in [0.15, 0.2) is 0 Å². The van der Waals surface area contributed by atoms with Crippen molar-refractivity contribution < 1.29 is 18.3 Å². The van der Waals surface area contributed by atoms with E-state index in [9.17, 15) is 13.6 Å². The fraction of sp³-hybridized carbons (Fsp3) is 0.533. The van der Waals surface area contributed by atoms with Gasteiger partial charge in [-0.2, -0.15) is 8.78 Å². The van der Waals surface area contributed by atoms with Crippen LogP contribution in [-0.2, 0) is 4.79 Å². The number of carbonyl (C=O) groups is 1. The van der Waals surface area contributed by atoms with Crippen molar-refractivity contribution in [2.45, 2.75) is 32.9 Å². The summed E-state index contributed by atoms with van der Waals surface area (Å²) >= 11 is 0. The van der Waals surface area contributed by atoms with Crippen LogP contribution in [0.15, 0.2) is 24.3 Å². The molecule has 2 atom stereocenters. The number of hydrogen-bond acceptors (Lipinski definition) is 3. The molecule has 6 heteroatoms. The van der Waals surface area contributed by atoms with Crippen molar-refractivity contribution in [3.8, 4) is 5.75 Å². The molecule has 0 aliphatic heterocycles. The van der Waals surface area contributed by atoms with Gasteiger partial charge in [0, 0.05) is 18.0 Å². The van der Waals surface area contributed by atoms with Gasteiger partial charge in [-0.25, -0.2) is 0 Å². The molecule has 0 fully saturated rings. The van der Waals surface area contributed by atoms with Gasteiger partial charge < -0.3 is 15.4 Å². The Bertz CT molecular complexity index is 455. The number of para-hydroxylation sites is 1. The maximum absolute atomic E-state index is 12.4. The molecule has 0 heterocycles. The van der Waals surface area contributed by atoms with Crippen LogP contribution in [-0.4, -0.2) is 26.1 Å². The van der Waals surface area contributed by atoms with Gasteiger partial charge >= 0.3 is 6.61 Å². The molecule has 0 bridgehead atoms. The van der Waals surface area contributed by atoms with Crippen LogP contribution >= 0.6 is 0 Å². The Morgan fingerprint density at radius 1 is 1.33 bits per heavy atom. The molecular formula is C15H22F2N2O2.